The van der Waals surface area contributed by atoms with Crippen LogP contribution in [0.3, 0.4) is 0 Å². The van der Waals surface area contributed by atoms with Crippen LogP contribution in [0.5, 0.6) is 5.75 Å². The number of hydrogen-bond acceptors (Lipinski definition) is 5. The van der Waals surface area contributed by atoms with Crippen molar-refractivity contribution in [3.05, 3.63) is 55.1 Å². The molecule has 1 aliphatic heterocycles. The highest BCUT2D eigenvalue weighted by molar-refractivity contribution is 5.81. The molecule has 0 saturated carbocycles. The summed E-state index contributed by atoms with van der Waals surface area (Å²) >= 11 is 0. The first kappa shape index (κ1) is 18.2. The van der Waals surface area contributed by atoms with E-state index in [1.807, 2.05) is 45.9 Å². The van der Waals surface area contributed by atoms with Crippen molar-refractivity contribution in [2.45, 2.75) is 6.54 Å². The number of aromatic nitrogens is 3. The normalized spacial score (nSPS) is 14.1. The minimum atomic E-state index is 0.107. The molecule has 3 aromatic rings. The number of nitrogens with one attached hydrogen (secondary N) is 1. The molecule has 7 nitrogen and oxygen atoms in total. The second-order valence-corrected chi connectivity index (χ2v) is 6.66. The molecule has 0 radical (unpaired) electrons. The first-order valence-electron chi connectivity index (χ1n) is 9.34. The summed E-state index contributed by atoms with van der Waals surface area (Å²) in [7, 11) is 1.65. The summed E-state index contributed by atoms with van der Waals surface area (Å²) in [6, 6.07) is 11.7. The van der Waals surface area contributed by atoms with Crippen molar-refractivity contribution in [1.29, 1.82) is 0 Å². The van der Waals surface area contributed by atoms with Gasteiger partial charge in [0.15, 0.2) is 0 Å². The van der Waals surface area contributed by atoms with Gasteiger partial charge in [-0.15, -0.1) is 0 Å². The van der Waals surface area contributed by atoms with Gasteiger partial charge in [-0.2, -0.15) is 0 Å². The predicted octanol–water partition coefficient (Wildman–Crippen LogP) is 2.05. The lowest BCUT2D eigenvalue weighted by Gasteiger charge is -2.27. The Hall–Kier alpha value is -3.19. The third kappa shape index (κ3) is 3.75. The maximum atomic E-state index is 12.8. The van der Waals surface area contributed by atoms with Gasteiger partial charge in [0.2, 0.25) is 5.91 Å². The number of carbonyl (C=O) groups excluding carboxylic acids is 1. The number of pyridine rings is 1. The van der Waals surface area contributed by atoms with E-state index in [1.165, 1.54) is 0 Å². The fraction of sp³-hybridized carbons (Fsp3) is 0.286. The van der Waals surface area contributed by atoms with E-state index in [1.54, 1.807) is 25.8 Å². The molecule has 0 spiro atoms. The van der Waals surface area contributed by atoms with E-state index >= 15 is 0 Å². The van der Waals surface area contributed by atoms with Crippen molar-refractivity contribution in [3.8, 4) is 28.3 Å². The maximum absolute atomic E-state index is 12.8. The minimum absolute atomic E-state index is 0.107. The quantitative estimate of drug-likeness (QED) is 0.737. The number of rotatable bonds is 5. The van der Waals surface area contributed by atoms with Crippen molar-refractivity contribution in [2.24, 2.45) is 0 Å². The Morgan fingerprint density at radius 1 is 1.07 bits per heavy atom. The van der Waals surface area contributed by atoms with Gasteiger partial charge in [0.1, 0.15) is 12.3 Å². The van der Waals surface area contributed by atoms with E-state index in [0.717, 1.165) is 54.4 Å². The number of piperazine rings is 1. The Bertz CT molecular complexity index is 931. The number of nitrogens with zero attached hydrogens (tertiary/aromatic N) is 4. The van der Waals surface area contributed by atoms with Gasteiger partial charge in [-0.3, -0.25) is 9.78 Å². The first-order chi connectivity index (χ1) is 13.8. The highest BCUT2D eigenvalue weighted by Crippen LogP contribution is 2.32. The molecule has 0 atom stereocenters. The van der Waals surface area contributed by atoms with Crippen molar-refractivity contribution in [3.63, 3.8) is 0 Å². The molecule has 144 valence electrons. The van der Waals surface area contributed by atoms with Gasteiger partial charge in [-0.25, -0.2) is 4.98 Å². The van der Waals surface area contributed by atoms with Gasteiger partial charge >= 0.3 is 0 Å². The van der Waals surface area contributed by atoms with E-state index < -0.39 is 0 Å². The number of amides is 1. The molecule has 7 heteroatoms. The highest BCUT2D eigenvalue weighted by atomic mass is 16.5. The second-order valence-electron chi connectivity index (χ2n) is 6.66. The van der Waals surface area contributed by atoms with Gasteiger partial charge in [-0.1, -0.05) is 0 Å². The molecular weight excluding hydrogens is 354 g/mol. The molecule has 1 N–H and O–H groups in total. The maximum Gasteiger partial charge on any atom is 0.242 e. The van der Waals surface area contributed by atoms with Crippen LogP contribution in [0.2, 0.25) is 0 Å². The highest BCUT2D eigenvalue weighted by Gasteiger charge is 2.20. The Balaban J connectivity index is 1.70. The minimum Gasteiger partial charge on any atom is -0.497 e. The van der Waals surface area contributed by atoms with Crippen LogP contribution in [0.1, 0.15) is 0 Å². The molecule has 1 amide bonds. The largest absolute Gasteiger partial charge is 0.497 e. The van der Waals surface area contributed by atoms with Crippen molar-refractivity contribution >= 4 is 5.91 Å². The summed E-state index contributed by atoms with van der Waals surface area (Å²) in [5.41, 5.74) is 3.70. The number of ether oxygens (including phenoxy) is 1. The van der Waals surface area contributed by atoms with Crippen LogP contribution in [0.4, 0.5) is 0 Å². The molecule has 28 heavy (non-hydrogen) atoms. The lowest BCUT2D eigenvalue weighted by Crippen LogP contribution is -2.47. The number of benzene rings is 1. The SMILES string of the molecule is COc1ccc(-c2ncn(CC(=O)N3CCNCC3)c2-c2ccncc2)cc1. The number of hydrogen-bond donors (Lipinski definition) is 1. The molecule has 1 aromatic carbocycles. The molecule has 0 unspecified atom stereocenters. The van der Waals surface area contributed by atoms with Crippen LogP contribution in [-0.4, -0.2) is 58.6 Å². The van der Waals surface area contributed by atoms with Crippen LogP contribution >= 0.6 is 0 Å². The second kappa shape index (κ2) is 8.22. The molecule has 0 aliphatic carbocycles. The van der Waals surface area contributed by atoms with Gasteiger partial charge in [0.25, 0.3) is 0 Å². The third-order valence-electron chi connectivity index (χ3n) is 4.93. The summed E-state index contributed by atoms with van der Waals surface area (Å²) in [4.78, 5) is 23.5. The third-order valence-corrected chi connectivity index (χ3v) is 4.93. The molecule has 2 aromatic heterocycles. The molecule has 1 saturated heterocycles. The number of methoxy groups -OCH3 is 1. The molecule has 4 rings (SSSR count). The summed E-state index contributed by atoms with van der Waals surface area (Å²) in [5.74, 6) is 0.901. The Kier molecular flexibility index (Phi) is 5.34. The van der Waals surface area contributed by atoms with Crippen molar-refractivity contribution < 1.29 is 9.53 Å². The molecule has 1 fully saturated rings. The van der Waals surface area contributed by atoms with Gasteiger partial charge in [0.05, 0.1) is 24.8 Å². The average molecular weight is 377 g/mol. The predicted molar refractivity (Wildman–Crippen MR) is 107 cm³/mol. The Labute approximate surface area is 164 Å². The zero-order valence-corrected chi connectivity index (χ0v) is 15.8. The van der Waals surface area contributed by atoms with Crippen LogP contribution in [0, 0.1) is 0 Å². The average Bonchev–Trinajstić information content (AvgIpc) is 3.18. The zero-order valence-electron chi connectivity index (χ0n) is 15.8. The molecule has 3 heterocycles. The summed E-state index contributed by atoms with van der Waals surface area (Å²) in [5, 5.41) is 3.28. The van der Waals surface area contributed by atoms with E-state index in [2.05, 4.69) is 15.3 Å². The van der Waals surface area contributed by atoms with Gasteiger partial charge in [-0.05, 0) is 36.4 Å². The standard InChI is InChI=1S/C21H23N5O2/c1-28-18-4-2-16(3-5-18)20-21(17-6-8-22-9-7-17)26(15-24-20)14-19(27)25-12-10-23-11-13-25/h2-9,15,23H,10-14H2,1H3. The molecule has 1 aliphatic rings. The van der Waals surface area contributed by atoms with Crippen LogP contribution in [0.25, 0.3) is 22.5 Å². The van der Waals surface area contributed by atoms with E-state index in [0.29, 0.717) is 0 Å². The Morgan fingerprint density at radius 2 is 1.79 bits per heavy atom. The van der Waals surface area contributed by atoms with E-state index in [-0.39, 0.29) is 12.5 Å². The molecule has 0 bridgehead atoms. The van der Waals surface area contributed by atoms with Gasteiger partial charge in [0, 0.05) is 49.7 Å². The first-order valence-corrected chi connectivity index (χ1v) is 9.34. The number of imidazole rings is 1. The van der Waals surface area contributed by atoms with E-state index in [4.69, 9.17) is 4.74 Å². The molecular formula is C21H23N5O2. The van der Waals surface area contributed by atoms with Crippen LogP contribution in [-0.2, 0) is 11.3 Å². The topological polar surface area (TPSA) is 72.3 Å². The van der Waals surface area contributed by atoms with Crippen LogP contribution < -0.4 is 10.1 Å². The lowest BCUT2D eigenvalue weighted by molar-refractivity contribution is -0.132. The summed E-state index contributed by atoms with van der Waals surface area (Å²) < 4.78 is 7.19. The van der Waals surface area contributed by atoms with Crippen molar-refractivity contribution in [2.75, 3.05) is 33.3 Å². The number of carbonyl (C=O) groups is 1. The fourth-order valence-electron chi connectivity index (χ4n) is 3.43. The van der Waals surface area contributed by atoms with Crippen molar-refractivity contribution in [1.82, 2.24) is 24.8 Å². The van der Waals surface area contributed by atoms with E-state index in [9.17, 15) is 4.79 Å². The Morgan fingerprint density at radius 3 is 2.46 bits per heavy atom. The summed E-state index contributed by atoms with van der Waals surface area (Å²) in [6.45, 7) is 3.42. The zero-order chi connectivity index (χ0) is 19.3. The van der Waals surface area contributed by atoms with Crippen LogP contribution in [0.15, 0.2) is 55.1 Å². The van der Waals surface area contributed by atoms with Gasteiger partial charge < -0.3 is 19.5 Å². The lowest BCUT2D eigenvalue weighted by atomic mass is 10.1. The monoisotopic (exact) mass is 377 g/mol. The summed E-state index contributed by atoms with van der Waals surface area (Å²) in [6.07, 6.45) is 5.25. The fourth-order valence-corrected chi connectivity index (χ4v) is 3.43. The smallest absolute Gasteiger partial charge is 0.242 e.